The Balaban J connectivity index is 2.40. The maximum atomic E-state index is 12.0. The van der Waals surface area contributed by atoms with E-state index in [1.54, 1.807) is 6.07 Å². The molecule has 1 rings (SSSR count). The van der Waals surface area contributed by atoms with Crippen molar-refractivity contribution in [2.24, 2.45) is 0 Å². The highest BCUT2D eigenvalue weighted by Gasteiger charge is 2.29. The van der Waals surface area contributed by atoms with Crippen molar-refractivity contribution in [3.8, 4) is 0 Å². The number of nitrogens with one attached hydrogen (secondary N) is 1. The number of halogens is 5. The second-order valence-electron chi connectivity index (χ2n) is 3.44. The van der Waals surface area contributed by atoms with Gasteiger partial charge in [0.25, 0.3) is 0 Å². The van der Waals surface area contributed by atoms with Crippen LogP contribution in [-0.2, 0) is 6.54 Å². The van der Waals surface area contributed by atoms with Crippen molar-refractivity contribution in [3.05, 3.63) is 19.8 Å². The van der Waals surface area contributed by atoms with Crippen LogP contribution in [0.4, 0.5) is 13.2 Å². The second-order valence-corrected chi connectivity index (χ2v) is 6.03. The number of rotatable bonds is 4. The van der Waals surface area contributed by atoms with Crippen LogP contribution in [-0.4, -0.2) is 12.2 Å². The summed E-state index contributed by atoms with van der Waals surface area (Å²) in [5.74, 6) is 0. The number of alkyl halides is 3. The third-order valence-corrected chi connectivity index (χ3v) is 4.33. The van der Waals surface area contributed by atoms with Gasteiger partial charge >= 0.3 is 6.18 Å². The zero-order chi connectivity index (χ0) is 12.3. The van der Waals surface area contributed by atoms with E-state index in [-0.39, 0.29) is 0 Å². The molecule has 0 aromatic carbocycles. The molecule has 1 aromatic heterocycles. The molecule has 0 saturated carbocycles. The smallest absolute Gasteiger partial charge is 0.309 e. The first-order valence-corrected chi connectivity index (χ1v) is 6.50. The quantitative estimate of drug-likeness (QED) is 0.847. The summed E-state index contributed by atoms with van der Waals surface area (Å²) in [5, 5.41) is 2.81. The highest BCUT2D eigenvalue weighted by atomic mass is 79.9. The van der Waals surface area contributed by atoms with Gasteiger partial charge in [-0.25, -0.2) is 0 Å². The summed E-state index contributed by atoms with van der Waals surface area (Å²) in [7, 11) is 0. The predicted molar refractivity (Wildman–Crippen MR) is 64.0 cm³/mol. The first-order chi connectivity index (χ1) is 7.28. The van der Waals surface area contributed by atoms with E-state index in [0.717, 1.165) is 9.35 Å². The molecule has 1 heterocycles. The van der Waals surface area contributed by atoms with Crippen molar-refractivity contribution in [1.82, 2.24) is 5.32 Å². The average molecular weight is 337 g/mol. The van der Waals surface area contributed by atoms with Gasteiger partial charge in [-0.05, 0) is 28.9 Å². The third-order valence-electron chi connectivity index (χ3n) is 1.86. The lowest BCUT2D eigenvalue weighted by Crippen LogP contribution is -2.30. The molecule has 7 heteroatoms. The fraction of sp³-hybridized carbons (Fsp3) is 0.556. The summed E-state index contributed by atoms with van der Waals surface area (Å²) in [6.45, 7) is 1.91. The number of hydrogen-bond acceptors (Lipinski definition) is 2. The minimum atomic E-state index is -4.12. The molecular formula is C9H10BrClF3NS. The highest BCUT2D eigenvalue weighted by molar-refractivity contribution is 9.10. The predicted octanol–water partition coefficient (Wildman–Crippen LogP) is 4.59. The van der Waals surface area contributed by atoms with Crippen LogP contribution in [0, 0.1) is 0 Å². The molecule has 1 N–H and O–H groups in total. The molecule has 1 nitrogen and oxygen atoms in total. The zero-order valence-electron chi connectivity index (χ0n) is 8.37. The Kier molecular flexibility index (Phi) is 5.10. The summed E-state index contributed by atoms with van der Waals surface area (Å²) in [6, 6.07) is 1.21. The molecular weight excluding hydrogens is 327 g/mol. The molecule has 0 aliphatic carbocycles. The fourth-order valence-electron chi connectivity index (χ4n) is 1.17. The molecule has 1 aromatic rings. The van der Waals surface area contributed by atoms with Gasteiger partial charge in [0.05, 0.1) is 6.42 Å². The van der Waals surface area contributed by atoms with Gasteiger partial charge in [0.15, 0.2) is 0 Å². The Morgan fingerprint density at radius 2 is 2.19 bits per heavy atom. The Bertz CT molecular complexity index is 334. The van der Waals surface area contributed by atoms with E-state index in [2.05, 4.69) is 21.2 Å². The van der Waals surface area contributed by atoms with Gasteiger partial charge < -0.3 is 5.32 Å². The van der Waals surface area contributed by atoms with Crippen LogP contribution >= 0.6 is 38.9 Å². The van der Waals surface area contributed by atoms with E-state index in [1.807, 2.05) is 0 Å². The molecule has 0 fully saturated rings. The minimum Gasteiger partial charge on any atom is -0.309 e. The maximum absolute atomic E-state index is 12.0. The highest BCUT2D eigenvalue weighted by Crippen LogP contribution is 2.32. The average Bonchev–Trinajstić information content (AvgIpc) is 2.40. The van der Waals surface area contributed by atoms with Crippen molar-refractivity contribution in [2.45, 2.75) is 32.1 Å². The molecule has 0 spiro atoms. The third kappa shape index (κ3) is 5.03. The Hall–Kier alpha value is 0.220. The number of thiophene rings is 1. The largest absolute Gasteiger partial charge is 0.390 e. The van der Waals surface area contributed by atoms with E-state index in [4.69, 9.17) is 11.6 Å². The van der Waals surface area contributed by atoms with Gasteiger partial charge in [-0.2, -0.15) is 13.2 Å². The van der Waals surface area contributed by atoms with E-state index in [9.17, 15) is 13.2 Å². The van der Waals surface area contributed by atoms with Crippen LogP contribution in [0.2, 0.25) is 4.34 Å². The molecule has 1 unspecified atom stereocenters. The summed E-state index contributed by atoms with van der Waals surface area (Å²) >= 11 is 10.4. The van der Waals surface area contributed by atoms with E-state index < -0.39 is 18.6 Å². The summed E-state index contributed by atoms with van der Waals surface area (Å²) < 4.78 is 37.5. The standard InChI is InChI=1S/C9H10BrClF3NS/c1-5(3-9(12,13)14)15-4-6-2-7(10)8(11)16-6/h2,5,15H,3-4H2,1H3. The summed E-state index contributed by atoms with van der Waals surface area (Å²) in [5.41, 5.74) is 0. The molecule has 1 atom stereocenters. The molecule has 0 bridgehead atoms. The van der Waals surface area contributed by atoms with E-state index in [1.165, 1.54) is 18.3 Å². The summed E-state index contributed by atoms with van der Waals surface area (Å²) in [6.07, 6.45) is -4.95. The Morgan fingerprint density at radius 3 is 2.62 bits per heavy atom. The van der Waals surface area contributed by atoms with Crippen LogP contribution < -0.4 is 5.32 Å². The zero-order valence-corrected chi connectivity index (χ0v) is 11.5. The Morgan fingerprint density at radius 1 is 1.56 bits per heavy atom. The van der Waals surface area contributed by atoms with Gasteiger partial charge in [-0.3, -0.25) is 0 Å². The number of hydrogen-bond donors (Lipinski definition) is 1. The molecule has 16 heavy (non-hydrogen) atoms. The SMILES string of the molecule is CC(CC(F)(F)F)NCc1cc(Br)c(Cl)s1. The molecule has 0 aliphatic heterocycles. The maximum Gasteiger partial charge on any atom is 0.390 e. The van der Waals surface area contributed by atoms with Crippen LogP contribution in [0.15, 0.2) is 10.5 Å². The first-order valence-electron chi connectivity index (χ1n) is 4.52. The Labute approximate surface area is 109 Å². The lowest BCUT2D eigenvalue weighted by Gasteiger charge is -2.14. The van der Waals surface area contributed by atoms with Crippen molar-refractivity contribution in [3.63, 3.8) is 0 Å². The van der Waals surface area contributed by atoms with Crippen LogP contribution in [0.25, 0.3) is 0 Å². The fourth-order valence-corrected chi connectivity index (χ4v) is 2.91. The van der Waals surface area contributed by atoms with Gasteiger partial charge in [-0.1, -0.05) is 11.6 Å². The van der Waals surface area contributed by atoms with Crippen molar-refractivity contribution in [2.75, 3.05) is 0 Å². The molecule has 0 radical (unpaired) electrons. The molecule has 92 valence electrons. The molecule has 0 aliphatic rings. The normalized spacial score (nSPS) is 14.1. The lowest BCUT2D eigenvalue weighted by atomic mass is 10.2. The monoisotopic (exact) mass is 335 g/mol. The van der Waals surface area contributed by atoms with Gasteiger partial charge in [0.2, 0.25) is 0 Å². The van der Waals surface area contributed by atoms with E-state index in [0.29, 0.717) is 10.9 Å². The molecule has 0 amide bonds. The van der Waals surface area contributed by atoms with Crippen LogP contribution in [0.1, 0.15) is 18.2 Å². The van der Waals surface area contributed by atoms with Gasteiger partial charge in [-0.15, -0.1) is 11.3 Å². The first kappa shape index (κ1) is 14.3. The molecule has 0 saturated heterocycles. The van der Waals surface area contributed by atoms with Crippen molar-refractivity contribution in [1.29, 1.82) is 0 Å². The van der Waals surface area contributed by atoms with Crippen molar-refractivity contribution < 1.29 is 13.2 Å². The van der Waals surface area contributed by atoms with Crippen LogP contribution in [0.5, 0.6) is 0 Å². The van der Waals surface area contributed by atoms with E-state index >= 15 is 0 Å². The van der Waals surface area contributed by atoms with Gasteiger partial charge in [0, 0.05) is 21.9 Å². The topological polar surface area (TPSA) is 12.0 Å². The second kappa shape index (κ2) is 5.71. The van der Waals surface area contributed by atoms with Gasteiger partial charge in [0.1, 0.15) is 4.34 Å². The summed E-state index contributed by atoms with van der Waals surface area (Å²) in [4.78, 5) is 0.908. The van der Waals surface area contributed by atoms with Crippen LogP contribution in [0.3, 0.4) is 0 Å². The lowest BCUT2D eigenvalue weighted by molar-refractivity contribution is -0.139. The van der Waals surface area contributed by atoms with Crippen molar-refractivity contribution >= 4 is 38.9 Å². The minimum absolute atomic E-state index is 0.396.